The van der Waals surface area contributed by atoms with E-state index in [2.05, 4.69) is 20.4 Å². The summed E-state index contributed by atoms with van der Waals surface area (Å²) in [5.41, 5.74) is 1.58. The van der Waals surface area contributed by atoms with E-state index < -0.39 is 16.4 Å². The first-order valence-electron chi connectivity index (χ1n) is 8.03. The molecule has 0 aliphatic carbocycles. The summed E-state index contributed by atoms with van der Waals surface area (Å²) >= 11 is 0. The fourth-order valence-corrected chi connectivity index (χ4v) is 2.50. The first-order chi connectivity index (χ1) is 12.9. The summed E-state index contributed by atoms with van der Waals surface area (Å²) in [6.45, 7) is 5.70. The van der Waals surface area contributed by atoms with Crippen LogP contribution in [0.5, 0.6) is 11.5 Å². The van der Waals surface area contributed by atoms with Gasteiger partial charge in [0.15, 0.2) is 5.75 Å². The molecular formula is C16H17N7O4. The van der Waals surface area contributed by atoms with E-state index in [1.54, 1.807) is 11.6 Å². The van der Waals surface area contributed by atoms with E-state index in [0.717, 1.165) is 11.4 Å². The van der Waals surface area contributed by atoms with Gasteiger partial charge in [-0.2, -0.15) is 14.9 Å². The molecule has 11 heteroatoms. The first kappa shape index (κ1) is 18.0. The molecule has 1 N–H and O–H groups in total. The van der Waals surface area contributed by atoms with E-state index >= 15 is 0 Å². The van der Waals surface area contributed by atoms with Crippen LogP contribution in [0.3, 0.4) is 0 Å². The van der Waals surface area contributed by atoms with Crippen molar-refractivity contribution in [1.82, 2.24) is 24.7 Å². The van der Waals surface area contributed by atoms with Crippen LogP contribution in [-0.2, 0) is 0 Å². The Kier molecular flexibility index (Phi) is 4.83. The van der Waals surface area contributed by atoms with Gasteiger partial charge in [0, 0.05) is 17.3 Å². The summed E-state index contributed by atoms with van der Waals surface area (Å²) < 4.78 is 8.23. The molecule has 11 nitrogen and oxygen atoms in total. The molecule has 2 heterocycles. The lowest BCUT2D eigenvalue weighted by Crippen LogP contribution is -2.06. The molecule has 3 rings (SSSR count). The smallest absolute Gasteiger partial charge is 0.315 e. The summed E-state index contributed by atoms with van der Waals surface area (Å²) in [7, 11) is 0. The Morgan fingerprint density at radius 2 is 2.15 bits per heavy atom. The van der Waals surface area contributed by atoms with Crippen LogP contribution in [0.1, 0.15) is 23.9 Å². The highest BCUT2D eigenvalue weighted by Gasteiger charge is 2.20. The zero-order chi connectivity index (χ0) is 19.6. The van der Waals surface area contributed by atoms with Crippen molar-refractivity contribution in [3.05, 3.63) is 51.6 Å². The van der Waals surface area contributed by atoms with Crippen LogP contribution in [0.25, 0.3) is 5.95 Å². The molecule has 0 aliphatic heterocycles. The fraction of sp³-hybridized carbons (Fsp3) is 0.250. The number of phenolic OH excluding ortho intramolecular Hbond substituents is 1. The standard InChI is InChI=1S/C16H17N7O4/c1-4-27-14-7-12(6-13(15(14)24)23(25)26)8-18-21-9-17-19-16(21)22-11(3)5-10(2)20-22/h5-9,24H,4H2,1-3H3. The van der Waals surface area contributed by atoms with Gasteiger partial charge in [-0.05, 0) is 32.9 Å². The topological polar surface area (TPSA) is 133 Å². The third-order valence-corrected chi connectivity index (χ3v) is 3.62. The third kappa shape index (κ3) is 3.61. The van der Waals surface area contributed by atoms with E-state index in [-0.39, 0.29) is 12.4 Å². The van der Waals surface area contributed by atoms with Gasteiger partial charge >= 0.3 is 5.69 Å². The molecule has 0 bridgehead atoms. The number of phenols is 1. The van der Waals surface area contributed by atoms with E-state index in [1.807, 2.05) is 19.9 Å². The van der Waals surface area contributed by atoms with E-state index in [4.69, 9.17) is 4.74 Å². The molecule has 0 aliphatic rings. The van der Waals surface area contributed by atoms with Crippen LogP contribution in [0.4, 0.5) is 5.69 Å². The van der Waals surface area contributed by atoms with Gasteiger partial charge in [-0.25, -0.2) is 4.68 Å². The maximum atomic E-state index is 11.2. The highest BCUT2D eigenvalue weighted by molar-refractivity contribution is 5.83. The van der Waals surface area contributed by atoms with Crippen molar-refractivity contribution in [3.8, 4) is 17.4 Å². The average Bonchev–Trinajstić information content (AvgIpc) is 3.20. The Hall–Kier alpha value is -3.76. The summed E-state index contributed by atoms with van der Waals surface area (Å²) in [5, 5.41) is 37.5. The van der Waals surface area contributed by atoms with E-state index in [0.29, 0.717) is 11.5 Å². The number of aromatic hydroxyl groups is 1. The number of rotatable bonds is 6. The third-order valence-electron chi connectivity index (χ3n) is 3.62. The van der Waals surface area contributed by atoms with Gasteiger partial charge in [0.05, 0.1) is 23.4 Å². The maximum Gasteiger partial charge on any atom is 0.315 e. The van der Waals surface area contributed by atoms with Crippen LogP contribution in [0.15, 0.2) is 29.6 Å². The molecule has 140 valence electrons. The van der Waals surface area contributed by atoms with Gasteiger partial charge in [0.2, 0.25) is 5.75 Å². The SMILES string of the molecule is CCOc1cc(C=Nn2cnnc2-n2nc(C)cc2C)cc([N+](=O)[O-])c1O. The van der Waals surface area contributed by atoms with Crippen molar-refractivity contribution in [3.63, 3.8) is 0 Å². The Morgan fingerprint density at radius 1 is 1.37 bits per heavy atom. The quantitative estimate of drug-likeness (QED) is 0.398. The number of hydrogen-bond donors (Lipinski definition) is 1. The molecule has 0 radical (unpaired) electrons. The second-order valence-electron chi connectivity index (χ2n) is 5.64. The van der Waals surface area contributed by atoms with E-state index in [9.17, 15) is 15.2 Å². The molecule has 0 unspecified atom stereocenters. The fourth-order valence-electron chi connectivity index (χ4n) is 2.50. The lowest BCUT2D eigenvalue weighted by Gasteiger charge is -2.07. The normalized spacial score (nSPS) is 11.2. The van der Waals surface area contributed by atoms with Crippen molar-refractivity contribution in [2.75, 3.05) is 6.61 Å². The second-order valence-corrected chi connectivity index (χ2v) is 5.64. The molecule has 0 spiro atoms. The number of aryl methyl sites for hydroxylation is 2. The average molecular weight is 371 g/mol. The van der Waals surface area contributed by atoms with Crippen molar-refractivity contribution < 1.29 is 14.8 Å². The minimum absolute atomic E-state index is 0.00988. The van der Waals surface area contributed by atoms with Gasteiger partial charge in [0.25, 0.3) is 5.95 Å². The molecule has 27 heavy (non-hydrogen) atoms. The van der Waals surface area contributed by atoms with Crippen LogP contribution in [0, 0.1) is 24.0 Å². The number of nitro benzene ring substituents is 1. The zero-order valence-electron chi connectivity index (χ0n) is 14.9. The molecule has 2 aromatic heterocycles. The molecule has 0 amide bonds. The Balaban J connectivity index is 1.99. The lowest BCUT2D eigenvalue weighted by atomic mass is 10.2. The van der Waals surface area contributed by atoms with Crippen LogP contribution < -0.4 is 4.74 Å². The molecule has 0 atom stereocenters. The molecule has 1 aromatic carbocycles. The summed E-state index contributed by atoms with van der Waals surface area (Å²) in [4.78, 5) is 10.5. The highest BCUT2D eigenvalue weighted by Crippen LogP contribution is 2.36. The molecule has 0 saturated heterocycles. The van der Waals surface area contributed by atoms with Gasteiger partial charge < -0.3 is 9.84 Å². The predicted octanol–water partition coefficient (Wildman–Crippen LogP) is 1.98. The molecule has 3 aromatic rings. The second kappa shape index (κ2) is 7.23. The van der Waals surface area contributed by atoms with Crippen LogP contribution >= 0.6 is 0 Å². The van der Waals surface area contributed by atoms with Crippen LogP contribution in [0.2, 0.25) is 0 Å². The Labute approximate surface area is 153 Å². The van der Waals surface area contributed by atoms with Gasteiger partial charge in [-0.15, -0.1) is 10.2 Å². The number of nitrogens with zero attached hydrogens (tertiary/aromatic N) is 7. The Bertz CT molecular complexity index is 1020. The van der Waals surface area contributed by atoms with Crippen LogP contribution in [-0.4, -0.2) is 47.5 Å². The molecule has 0 fully saturated rings. The molecule has 0 saturated carbocycles. The number of hydrogen-bond acceptors (Lipinski definition) is 8. The Morgan fingerprint density at radius 3 is 2.78 bits per heavy atom. The summed E-state index contributed by atoms with van der Waals surface area (Å²) in [6, 6.07) is 4.55. The maximum absolute atomic E-state index is 11.2. The number of aromatic nitrogens is 5. The lowest BCUT2D eigenvalue weighted by molar-refractivity contribution is -0.386. The minimum atomic E-state index is -0.685. The van der Waals surface area contributed by atoms with Crippen molar-refractivity contribution in [1.29, 1.82) is 0 Å². The van der Waals surface area contributed by atoms with Crippen molar-refractivity contribution in [2.24, 2.45) is 5.10 Å². The van der Waals surface area contributed by atoms with E-state index in [1.165, 1.54) is 29.4 Å². The number of ether oxygens (including phenoxy) is 1. The monoisotopic (exact) mass is 371 g/mol. The van der Waals surface area contributed by atoms with Gasteiger partial charge in [0.1, 0.15) is 6.33 Å². The van der Waals surface area contributed by atoms with Gasteiger partial charge in [-0.3, -0.25) is 10.1 Å². The first-order valence-corrected chi connectivity index (χ1v) is 8.03. The van der Waals surface area contributed by atoms with Crippen molar-refractivity contribution in [2.45, 2.75) is 20.8 Å². The van der Waals surface area contributed by atoms with Gasteiger partial charge in [-0.1, -0.05) is 0 Å². The largest absolute Gasteiger partial charge is 0.500 e. The highest BCUT2D eigenvalue weighted by atomic mass is 16.6. The number of nitro groups is 1. The zero-order valence-corrected chi connectivity index (χ0v) is 14.9. The summed E-state index contributed by atoms with van der Waals surface area (Å²) in [6.07, 6.45) is 2.77. The van der Waals surface area contributed by atoms with Crippen molar-refractivity contribution >= 4 is 11.9 Å². The number of benzene rings is 1. The minimum Gasteiger partial charge on any atom is -0.500 e. The predicted molar refractivity (Wildman–Crippen MR) is 95.5 cm³/mol. The molecular weight excluding hydrogens is 354 g/mol. The summed E-state index contributed by atoms with van der Waals surface area (Å²) in [5.74, 6) is -0.141.